The molecule has 6 saturated heterocycles. The smallest absolute Gasteiger partial charge is 0.334 e. The van der Waals surface area contributed by atoms with Crippen LogP contribution in [0, 0.1) is 175 Å². The third-order valence-electron chi connectivity index (χ3n) is 35.9. The highest BCUT2D eigenvalue weighted by Gasteiger charge is 2.73. The predicted octanol–water partition coefficient (Wildman–Crippen LogP) is 17.1. The molecule has 0 amide bonds. The molecule has 23 aliphatic rings. The van der Waals surface area contributed by atoms with Crippen LogP contribution in [-0.2, 0) is 118 Å². The molecule has 0 aromatic rings. The first-order valence-corrected chi connectivity index (χ1v) is 56.7. The van der Waals surface area contributed by atoms with E-state index >= 15 is 0 Å². The summed E-state index contributed by atoms with van der Waals surface area (Å²) in [6.45, 7) is 15.1. The van der Waals surface area contributed by atoms with E-state index in [4.69, 9.17) is 56.8 Å². The van der Waals surface area contributed by atoms with Gasteiger partial charge >= 0.3 is 31.5 Å². The van der Waals surface area contributed by atoms with Crippen LogP contribution in [0.1, 0.15) is 267 Å². The van der Waals surface area contributed by atoms with Crippen LogP contribution < -0.4 is 0 Å². The summed E-state index contributed by atoms with van der Waals surface area (Å²) in [5, 5.41) is -25.2. The topological polar surface area (TPSA) is 454 Å². The molecular formula is C93H142F12O30S6. The highest BCUT2D eigenvalue weighted by molar-refractivity contribution is 7.88. The van der Waals surface area contributed by atoms with Crippen LogP contribution in [0.15, 0.2) is 0 Å². The van der Waals surface area contributed by atoms with Crippen molar-refractivity contribution in [3.8, 4) is 0 Å². The third-order valence-corrected chi connectivity index (χ3v) is 41.3. The average Bonchev–Trinajstić information content (AvgIpc) is 1.53. The Labute approximate surface area is 824 Å². The molecule has 6 aliphatic heterocycles. The number of ether oxygens (including phenoxy) is 12. The Morgan fingerprint density at radius 3 is 0.801 bits per heavy atom. The van der Waals surface area contributed by atoms with E-state index in [9.17, 15) is 131 Å². The van der Waals surface area contributed by atoms with Gasteiger partial charge in [-0.15, -0.1) is 0 Å². The molecular weight excluding hydrogens is 2020 g/mol. The van der Waals surface area contributed by atoms with E-state index < -0.39 is 201 Å². The van der Waals surface area contributed by atoms with Crippen molar-refractivity contribution < 1.29 is 187 Å². The SMILES string of the molecule is CC1(C)OC2C3CC(CC(F)(F)S(=O)(=O)[O-])C(C3)C2O1.CCC1(C)OC2C3CC(CC(F)(F)S(=O)(=O)[O-])C(C3)C2O1.CCC1(CC)OC2C3CC(CC(F)(F)S(=O)(=O)[O-])C(C3)C2O1.CCCC1(C)OC2C3CC(CC(F)(F)S(=O)(=O)[O-])C(C3)C2O1.O=S(=O)([O-])C(F)(F)CC1CC2CC1C1OC3(CCCCC3)OC21.O=S(=O)([O-])C(F)(F)CC1CC2CC1C1OC3(OC21)C1CC2CC(C1)CC3C2.[CH3+].[CH3+].[CH3+].[CH3+].[CH3+].[CH3+]. The number of hydrogen-bond acceptors (Lipinski definition) is 30. The summed E-state index contributed by atoms with van der Waals surface area (Å²) in [6, 6.07) is 0. The molecule has 0 N–H and O–H groups in total. The Morgan fingerprint density at radius 2 is 0.496 bits per heavy atom. The lowest BCUT2D eigenvalue weighted by Crippen LogP contribution is -2.59. The van der Waals surface area contributed by atoms with Crippen molar-refractivity contribution in [1.29, 1.82) is 0 Å². The zero-order valence-corrected chi connectivity index (χ0v) is 87.1. The Balaban J connectivity index is 0.000000161. The molecule has 32 unspecified atom stereocenters. The highest BCUT2D eigenvalue weighted by Crippen LogP contribution is 2.70. The van der Waals surface area contributed by atoms with Crippen molar-refractivity contribution in [2.24, 2.45) is 130 Å². The minimum absolute atomic E-state index is 0. The number of alkyl halides is 12. The summed E-state index contributed by atoms with van der Waals surface area (Å²) >= 11 is 0. The first-order valence-electron chi connectivity index (χ1n) is 48.2. The van der Waals surface area contributed by atoms with Crippen molar-refractivity contribution in [1.82, 2.24) is 0 Å². The summed E-state index contributed by atoms with van der Waals surface area (Å²) in [5.74, 6) is -4.49. The van der Waals surface area contributed by atoms with E-state index in [1.807, 2.05) is 41.5 Å². The number of hydrogen-bond donors (Lipinski definition) is 0. The Kier molecular flexibility index (Phi) is 33.7. The minimum Gasteiger partial charge on any atom is -0.743 e. The second-order valence-electron chi connectivity index (χ2n) is 44.6. The van der Waals surface area contributed by atoms with Crippen LogP contribution in [-0.4, -0.2) is 217 Å². The van der Waals surface area contributed by atoms with Gasteiger partial charge in [0.2, 0.25) is 0 Å². The van der Waals surface area contributed by atoms with Gasteiger partial charge in [-0.25, -0.2) is 50.5 Å². The minimum atomic E-state index is -5.62. The zero-order chi connectivity index (χ0) is 98.4. The summed E-state index contributed by atoms with van der Waals surface area (Å²) < 4.78 is 429. The fourth-order valence-electron chi connectivity index (χ4n) is 30.3. The summed E-state index contributed by atoms with van der Waals surface area (Å²) in [4.78, 5) is 0. The van der Waals surface area contributed by atoms with Crippen molar-refractivity contribution in [2.75, 3.05) is 0 Å². The van der Waals surface area contributed by atoms with Crippen molar-refractivity contribution in [3.63, 3.8) is 0 Å². The Bertz CT molecular complexity index is 5070. The third kappa shape index (κ3) is 21.7. The number of fused-ring (bicyclic) bond motifs is 30. The van der Waals surface area contributed by atoms with Crippen LogP contribution in [0.5, 0.6) is 0 Å². The Morgan fingerprint density at radius 1 is 0.270 bits per heavy atom. The summed E-state index contributed by atoms with van der Waals surface area (Å²) in [5.41, 5.74) is 0. The molecule has 0 aromatic heterocycles. The maximum absolute atomic E-state index is 13.9. The van der Waals surface area contributed by atoms with Crippen LogP contribution in [0.25, 0.3) is 0 Å². The predicted molar refractivity (Wildman–Crippen MR) is 476 cm³/mol. The molecule has 16 bridgehead atoms. The molecule has 17 saturated carbocycles. The van der Waals surface area contributed by atoms with Crippen molar-refractivity contribution >= 4 is 60.7 Å². The largest absolute Gasteiger partial charge is 0.743 e. The van der Waals surface area contributed by atoms with Crippen LogP contribution in [0.2, 0.25) is 0 Å². The van der Waals surface area contributed by atoms with E-state index in [0.717, 1.165) is 95.3 Å². The zero-order valence-electron chi connectivity index (χ0n) is 82.2. The standard InChI is InChI=1S/C19H26F2O5S.C15H22F2O5S.2C14H22F2O5S.C13H20F2O5S.C12H18F2O5S.6CH3/c20-18(21,27(22,23)24)8-12-6-11-7-15(12)17-16(11)25-19(26-17)13-2-9-1-10(4-13)5-14(19)3-9;16-15(17,23(18,19)20)8-10-6-9-7-11(10)13-12(9)21-14(22-13)4-2-1-3-5-14;1-3-4-13(2)20-11-8-5-9(10(6-8)12(11)21-13)7-14(15,16)22(17,18)19;1-3-13(4-2)20-11-8-5-9(10(6-8)12(11)21-13)7-14(15,16)22(17,18)19;1-3-12(2)19-10-7-4-8(9(5-7)11(10)20-12)6-13(14,15)21(16,17)18;1-11(2)18-9-6-3-7(8(4-6)10(9)19-11)5-12(13,14)20(15,16)17;;;;;;/h9-17H,1-8H2,(H,22,23,24);9-13H,1-8H2,(H,18,19,20);2*8-12H,3-7H2,1-2H3,(H,17,18,19);7-11H,3-6H2,1-2H3,(H,16,17,18);6-10H,3-5H2,1-2H3,(H,15,16,17);6*1H3/q;;;;;;6*+1/p-6. The van der Waals surface area contributed by atoms with Gasteiger partial charge in [0.1, 0.15) is 0 Å². The molecule has 814 valence electrons. The number of halogens is 12. The maximum Gasteiger partial charge on any atom is 0.334 e. The van der Waals surface area contributed by atoms with Gasteiger partial charge < -0.3 is 84.2 Å². The molecule has 30 nitrogen and oxygen atoms in total. The summed E-state index contributed by atoms with van der Waals surface area (Å²) in [6.07, 6.45) is 14.4. The number of rotatable bonds is 23. The van der Waals surface area contributed by atoms with Crippen molar-refractivity contribution in [2.45, 2.75) is 407 Å². The van der Waals surface area contributed by atoms with Crippen LogP contribution in [0.4, 0.5) is 52.7 Å². The van der Waals surface area contributed by atoms with Gasteiger partial charge in [0, 0.05) is 114 Å². The molecule has 141 heavy (non-hydrogen) atoms. The normalized spacial score (nSPS) is 43.7. The molecule has 2 spiro atoms. The van der Waals surface area contributed by atoms with E-state index in [1.54, 1.807) is 13.8 Å². The van der Waals surface area contributed by atoms with E-state index in [1.165, 1.54) is 6.42 Å². The lowest BCUT2D eigenvalue weighted by Gasteiger charge is -2.58. The fourth-order valence-corrected chi connectivity index (χ4v) is 32.8. The second-order valence-corrected chi connectivity index (χ2v) is 53.6. The average molecular weight is 2160 g/mol. The van der Waals surface area contributed by atoms with Gasteiger partial charge in [0.15, 0.2) is 95.4 Å². The van der Waals surface area contributed by atoms with Crippen LogP contribution >= 0.6 is 0 Å². The van der Waals surface area contributed by atoms with Gasteiger partial charge in [-0.1, -0.05) is 40.5 Å². The highest BCUT2D eigenvalue weighted by atomic mass is 32.2. The van der Waals surface area contributed by atoms with Gasteiger partial charge in [0.05, 0.1) is 73.2 Å². The lowest BCUT2D eigenvalue weighted by atomic mass is 9.53. The molecule has 17 aliphatic carbocycles. The van der Waals surface area contributed by atoms with Crippen molar-refractivity contribution in [3.05, 3.63) is 44.6 Å². The monoisotopic (exact) mass is 2160 g/mol. The molecule has 23 fully saturated rings. The molecule has 0 radical (unpaired) electrons. The summed E-state index contributed by atoms with van der Waals surface area (Å²) in [7, 11) is -33.7. The van der Waals surface area contributed by atoms with E-state index in [0.29, 0.717) is 95.3 Å². The quantitative estimate of drug-likeness (QED) is 0.0521. The Hall–Kier alpha value is -2.64. The molecule has 0 aromatic carbocycles. The van der Waals surface area contributed by atoms with Gasteiger partial charge in [0.25, 0.3) is 0 Å². The maximum atomic E-state index is 13.9. The lowest BCUT2D eigenvalue weighted by molar-refractivity contribution is -0.304. The molecule has 6 heterocycles. The first kappa shape index (κ1) is 119. The molecule has 32 atom stereocenters. The van der Waals surface area contributed by atoms with Crippen LogP contribution in [0.3, 0.4) is 0 Å². The molecule has 48 heteroatoms. The second kappa shape index (κ2) is 40.1. The first-order chi connectivity index (χ1) is 62.1. The molecule has 23 rings (SSSR count). The fraction of sp³-hybridized carbons (Fsp3) is 0.935. The van der Waals surface area contributed by atoms with Gasteiger partial charge in [-0.2, -0.15) is 52.7 Å². The van der Waals surface area contributed by atoms with E-state index in [-0.39, 0.29) is 189 Å². The van der Waals surface area contributed by atoms with Gasteiger partial charge in [-0.05, 0) is 287 Å². The van der Waals surface area contributed by atoms with E-state index in [2.05, 4.69) is 0 Å². The van der Waals surface area contributed by atoms with Gasteiger partial charge in [-0.3, -0.25) is 0 Å².